The summed E-state index contributed by atoms with van der Waals surface area (Å²) in [4.78, 5) is 30.9. The van der Waals surface area contributed by atoms with Crippen molar-refractivity contribution in [1.82, 2.24) is 9.55 Å². The Morgan fingerprint density at radius 1 is 1.10 bits per heavy atom. The molecule has 0 saturated heterocycles. The summed E-state index contributed by atoms with van der Waals surface area (Å²) in [6, 6.07) is 15.0. The third-order valence-electron chi connectivity index (χ3n) is 4.72. The van der Waals surface area contributed by atoms with E-state index in [1.165, 1.54) is 22.2 Å². The summed E-state index contributed by atoms with van der Waals surface area (Å²) in [5.74, 6) is 0.564. The summed E-state index contributed by atoms with van der Waals surface area (Å²) in [6.07, 6.45) is 1.45. The topological polar surface area (TPSA) is 61.2 Å². The average molecular weight is 404 g/mol. The number of carbonyl (C=O) groups is 1. The van der Waals surface area contributed by atoms with Crippen LogP contribution in [-0.2, 0) is 6.54 Å². The van der Waals surface area contributed by atoms with Crippen LogP contribution in [0.25, 0.3) is 21.3 Å². The standard InChI is InChI=1S/C23H20N2O3S/c1-3-28-18-10-8-17(9-11-18)20(26)12-25-14-24-22-21(23(25)27)19(13-29-22)16-6-4-15(2)5-7-16/h4-11,13-14H,3,12H2,1-2H3. The summed E-state index contributed by atoms with van der Waals surface area (Å²) < 4.78 is 6.78. The number of fused-ring (bicyclic) bond motifs is 1. The molecule has 0 unspecified atom stereocenters. The molecule has 0 aliphatic rings. The van der Waals surface area contributed by atoms with Gasteiger partial charge in [-0.2, -0.15) is 0 Å². The molecule has 0 amide bonds. The van der Waals surface area contributed by atoms with E-state index in [-0.39, 0.29) is 17.9 Å². The van der Waals surface area contributed by atoms with Crippen molar-refractivity contribution in [3.63, 3.8) is 0 Å². The van der Waals surface area contributed by atoms with Crippen LogP contribution in [0.15, 0.2) is 65.0 Å². The summed E-state index contributed by atoms with van der Waals surface area (Å²) in [6.45, 7) is 4.44. The number of nitrogens with zero attached hydrogens (tertiary/aromatic N) is 2. The van der Waals surface area contributed by atoms with Gasteiger partial charge < -0.3 is 4.74 Å². The molecule has 4 aromatic rings. The maximum absolute atomic E-state index is 13.1. The van der Waals surface area contributed by atoms with Gasteiger partial charge in [0.1, 0.15) is 10.6 Å². The normalized spacial score (nSPS) is 11.0. The number of aryl methyl sites for hydroxylation is 1. The monoisotopic (exact) mass is 404 g/mol. The zero-order valence-electron chi connectivity index (χ0n) is 16.2. The zero-order chi connectivity index (χ0) is 20.4. The molecule has 2 aromatic heterocycles. The Morgan fingerprint density at radius 2 is 1.83 bits per heavy atom. The maximum Gasteiger partial charge on any atom is 0.263 e. The van der Waals surface area contributed by atoms with Gasteiger partial charge in [0.25, 0.3) is 5.56 Å². The predicted octanol–water partition coefficient (Wildman–Crippen LogP) is 4.72. The van der Waals surface area contributed by atoms with Crippen molar-refractivity contribution in [2.75, 3.05) is 6.61 Å². The zero-order valence-corrected chi connectivity index (χ0v) is 17.0. The maximum atomic E-state index is 13.1. The molecule has 0 saturated carbocycles. The molecule has 0 N–H and O–H groups in total. The highest BCUT2D eigenvalue weighted by Crippen LogP contribution is 2.30. The first kappa shape index (κ1) is 19.1. The minimum absolute atomic E-state index is 0.0566. The van der Waals surface area contributed by atoms with Crippen LogP contribution >= 0.6 is 11.3 Å². The van der Waals surface area contributed by atoms with Gasteiger partial charge in [0, 0.05) is 16.5 Å². The molecule has 0 bridgehead atoms. The van der Waals surface area contributed by atoms with E-state index in [0.29, 0.717) is 28.1 Å². The van der Waals surface area contributed by atoms with Crippen LogP contribution < -0.4 is 10.3 Å². The van der Waals surface area contributed by atoms with Crippen LogP contribution in [0.3, 0.4) is 0 Å². The quantitative estimate of drug-likeness (QED) is 0.437. The van der Waals surface area contributed by atoms with E-state index in [4.69, 9.17) is 4.74 Å². The van der Waals surface area contributed by atoms with E-state index in [0.717, 1.165) is 16.7 Å². The number of thiophene rings is 1. The van der Waals surface area contributed by atoms with Crippen molar-refractivity contribution < 1.29 is 9.53 Å². The number of benzene rings is 2. The fraction of sp³-hybridized carbons (Fsp3) is 0.174. The molecule has 2 heterocycles. The first-order chi connectivity index (χ1) is 14.1. The number of Topliss-reactive ketones (excluding diaryl/α,β-unsaturated/α-hetero) is 1. The Balaban J connectivity index is 1.67. The lowest BCUT2D eigenvalue weighted by Gasteiger charge is -2.07. The molecule has 0 aliphatic heterocycles. The number of ether oxygens (including phenoxy) is 1. The third-order valence-corrected chi connectivity index (χ3v) is 5.61. The van der Waals surface area contributed by atoms with E-state index >= 15 is 0 Å². The number of aromatic nitrogens is 2. The largest absolute Gasteiger partial charge is 0.494 e. The van der Waals surface area contributed by atoms with Gasteiger partial charge in [-0.3, -0.25) is 14.2 Å². The van der Waals surface area contributed by atoms with Crippen molar-refractivity contribution >= 4 is 27.3 Å². The van der Waals surface area contributed by atoms with Crippen molar-refractivity contribution in [2.45, 2.75) is 20.4 Å². The molecular formula is C23H20N2O3S. The summed E-state index contributed by atoms with van der Waals surface area (Å²) in [7, 11) is 0. The van der Waals surface area contributed by atoms with Gasteiger partial charge in [-0.05, 0) is 43.7 Å². The molecule has 6 heteroatoms. The van der Waals surface area contributed by atoms with Crippen LogP contribution in [0.5, 0.6) is 5.75 Å². The second-order valence-corrected chi connectivity index (χ2v) is 7.61. The van der Waals surface area contributed by atoms with Crippen LogP contribution in [0.1, 0.15) is 22.8 Å². The van der Waals surface area contributed by atoms with Crippen molar-refractivity contribution in [1.29, 1.82) is 0 Å². The predicted molar refractivity (Wildman–Crippen MR) is 116 cm³/mol. The molecule has 0 spiro atoms. The summed E-state index contributed by atoms with van der Waals surface area (Å²) >= 11 is 1.43. The first-order valence-corrected chi connectivity index (χ1v) is 10.2. The van der Waals surface area contributed by atoms with Crippen molar-refractivity contribution in [2.24, 2.45) is 0 Å². The summed E-state index contributed by atoms with van der Waals surface area (Å²) in [5, 5.41) is 2.50. The molecule has 4 rings (SSSR count). The average Bonchev–Trinajstić information content (AvgIpc) is 3.16. The van der Waals surface area contributed by atoms with Crippen LogP contribution in [0, 0.1) is 6.92 Å². The Labute approximate surface area is 172 Å². The van der Waals surface area contributed by atoms with Gasteiger partial charge >= 0.3 is 0 Å². The number of hydrogen-bond acceptors (Lipinski definition) is 5. The molecule has 0 aliphatic carbocycles. The SMILES string of the molecule is CCOc1ccc(C(=O)Cn2cnc3scc(-c4ccc(C)cc4)c3c2=O)cc1. The third kappa shape index (κ3) is 3.84. The highest BCUT2D eigenvalue weighted by Gasteiger charge is 2.15. The van der Waals surface area contributed by atoms with Gasteiger partial charge in [0.2, 0.25) is 0 Å². The molecule has 0 radical (unpaired) electrons. The fourth-order valence-electron chi connectivity index (χ4n) is 3.18. The van der Waals surface area contributed by atoms with Crippen molar-refractivity contribution in [3.8, 4) is 16.9 Å². The molecule has 146 valence electrons. The van der Waals surface area contributed by atoms with Gasteiger partial charge in [-0.1, -0.05) is 29.8 Å². The second kappa shape index (κ2) is 8.01. The van der Waals surface area contributed by atoms with Gasteiger partial charge in [0.05, 0.1) is 24.9 Å². The number of carbonyl (C=O) groups excluding carboxylic acids is 1. The number of rotatable bonds is 6. The lowest BCUT2D eigenvalue weighted by Crippen LogP contribution is -2.24. The van der Waals surface area contributed by atoms with E-state index in [1.807, 2.05) is 43.5 Å². The van der Waals surface area contributed by atoms with Crippen LogP contribution in [0.2, 0.25) is 0 Å². The summed E-state index contributed by atoms with van der Waals surface area (Å²) in [5.41, 5.74) is 3.31. The highest BCUT2D eigenvalue weighted by molar-refractivity contribution is 7.17. The van der Waals surface area contributed by atoms with E-state index < -0.39 is 0 Å². The van der Waals surface area contributed by atoms with E-state index in [9.17, 15) is 9.59 Å². The minimum atomic E-state index is -0.203. The van der Waals surface area contributed by atoms with Crippen molar-refractivity contribution in [3.05, 3.63) is 81.7 Å². The number of ketones is 1. The smallest absolute Gasteiger partial charge is 0.263 e. The van der Waals surface area contributed by atoms with Crippen LogP contribution in [0.4, 0.5) is 0 Å². The highest BCUT2D eigenvalue weighted by atomic mass is 32.1. The fourth-order valence-corrected chi connectivity index (χ4v) is 4.08. The van der Waals surface area contributed by atoms with Gasteiger partial charge in [-0.25, -0.2) is 4.98 Å². The molecular weight excluding hydrogens is 384 g/mol. The van der Waals surface area contributed by atoms with E-state index in [2.05, 4.69) is 4.98 Å². The Bertz CT molecular complexity index is 1220. The van der Waals surface area contributed by atoms with E-state index in [1.54, 1.807) is 24.3 Å². The number of hydrogen-bond donors (Lipinski definition) is 0. The Morgan fingerprint density at radius 3 is 2.52 bits per heavy atom. The lowest BCUT2D eigenvalue weighted by molar-refractivity contribution is 0.0970. The Hall–Kier alpha value is -3.25. The molecule has 2 aromatic carbocycles. The first-order valence-electron chi connectivity index (χ1n) is 9.36. The lowest BCUT2D eigenvalue weighted by atomic mass is 10.0. The van der Waals surface area contributed by atoms with Gasteiger partial charge in [0.15, 0.2) is 5.78 Å². The minimum Gasteiger partial charge on any atom is -0.494 e. The Kier molecular flexibility index (Phi) is 5.27. The molecule has 0 fully saturated rings. The molecule has 5 nitrogen and oxygen atoms in total. The second-order valence-electron chi connectivity index (χ2n) is 6.75. The van der Waals surface area contributed by atoms with Gasteiger partial charge in [-0.15, -0.1) is 11.3 Å². The molecule has 0 atom stereocenters. The molecule has 29 heavy (non-hydrogen) atoms. The van der Waals surface area contributed by atoms with Crippen LogP contribution in [-0.4, -0.2) is 21.9 Å².